The van der Waals surface area contributed by atoms with Crippen LogP contribution in [-0.2, 0) is 9.53 Å². The van der Waals surface area contributed by atoms with Gasteiger partial charge in [-0.15, -0.1) is 0 Å². The summed E-state index contributed by atoms with van der Waals surface area (Å²) in [6.45, 7) is 1.89. The molecule has 0 bridgehead atoms. The first-order valence-corrected chi connectivity index (χ1v) is 3.63. The topological polar surface area (TPSA) is 46.5 Å². The molecule has 0 radical (unpaired) electrons. The number of rotatable bonds is 3. The van der Waals surface area contributed by atoms with Crippen LogP contribution in [0.1, 0.15) is 6.92 Å². The van der Waals surface area contributed by atoms with E-state index in [0.29, 0.717) is 11.1 Å². The second-order valence-corrected chi connectivity index (χ2v) is 2.52. The summed E-state index contributed by atoms with van der Waals surface area (Å²) in [5, 5.41) is 8.43. The number of aliphatic hydroxyl groups is 1. The molecule has 0 heterocycles. The van der Waals surface area contributed by atoms with Crippen LogP contribution in [0.25, 0.3) is 0 Å². The van der Waals surface area contributed by atoms with Crippen molar-refractivity contribution in [3.8, 4) is 0 Å². The maximum absolute atomic E-state index is 10.6. The number of carbonyl (C=O) groups is 1. The lowest BCUT2D eigenvalue weighted by molar-refractivity contribution is -0.137. The van der Waals surface area contributed by atoms with Crippen LogP contribution in [0.4, 0.5) is 0 Å². The first kappa shape index (κ1) is 9.65. The smallest absolute Gasteiger partial charge is 0.331 e. The SMILES string of the molecule is CCOC(=O)/C=C(\Br)CO. The molecule has 0 aliphatic heterocycles. The number of halogens is 1. The Hall–Kier alpha value is -0.350. The van der Waals surface area contributed by atoms with Crippen LogP contribution in [-0.4, -0.2) is 24.3 Å². The quantitative estimate of drug-likeness (QED) is 0.552. The summed E-state index contributed by atoms with van der Waals surface area (Å²) >= 11 is 2.96. The molecule has 0 atom stereocenters. The summed E-state index contributed by atoms with van der Waals surface area (Å²) in [4.78, 5) is 10.6. The molecular formula is C6H9BrO3. The van der Waals surface area contributed by atoms with Gasteiger partial charge in [0, 0.05) is 10.6 Å². The van der Waals surface area contributed by atoms with Gasteiger partial charge in [0.2, 0.25) is 0 Å². The second-order valence-electron chi connectivity index (χ2n) is 1.50. The number of esters is 1. The van der Waals surface area contributed by atoms with E-state index in [9.17, 15) is 4.79 Å². The predicted molar refractivity (Wildman–Crippen MR) is 40.7 cm³/mol. The van der Waals surface area contributed by atoms with Crippen molar-refractivity contribution in [2.45, 2.75) is 6.92 Å². The monoisotopic (exact) mass is 208 g/mol. The molecule has 0 spiro atoms. The first-order chi connectivity index (χ1) is 4.70. The molecule has 0 aliphatic rings. The molecule has 0 aromatic rings. The highest BCUT2D eigenvalue weighted by atomic mass is 79.9. The molecular weight excluding hydrogens is 200 g/mol. The molecule has 1 N–H and O–H groups in total. The predicted octanol–water partition coefficient (Wildman–Crippen LogP) is 0.821. The fourth-order valence-electron chi connectivity index (χ4n) is 0.357. The molecule has 0 saturated heterocycles. The van der Waals surface area contributed by atoms with Gasteiger partial charge in [0.15, 0.2) is 0 Å². The summed E-state index contributed by atoms with van der Waals surface area (Å²) in [5.74, 6) is -0.441. The van der Waals surface area contributed by atoms with Gasteiger partial charge in [-0.25, -0.2) is 4.79 Å². The van der Waals surface area contributed by atoms with Crippen molar-refractivity contribution in [2.24, 2.45) is 0 Å². The van der Waals surface area contributed by atoms with Crippen molar-refractivity contribution in [3.05, 3.63) is 10.6 Å². The fraction of sp³-hybridized carbons (Fsp3) is 0.500. The third-order valence-corrected chi connectivity index (χ3v) is 1.19. The highest BCUT2D eigenvalue weighted by molar-refractivity contribution is 9.11. The van der Waals surface area contributed by atoms with Gasteiger partial charge >= 0.3 is 5.97 Å². The van der Waals surface area contributed by atoms with Gasteiger partial charge in [0.25, 0.3) is 0 Å². The van der Waals surface area contributed by atoms with Gasteiger partial charge in [-0.3, -0.25) is 0 Å². The van der Waals surface area contributed by atoms with Crippen LogP contribution < -0.4 is 0 Å². The highest BCUT2D eigenvalue weighted by Crippen LogP contribution is 2.02. The molecule has 58 valence electrons. The largest absolute Gasteiger partial charge is 0.463 e. The Morgan fingerprint density at radius 3 is 2.80 bits per heavy atom. The number of hydrogen-bond donors (Lipinski definition) is 1. The van der Waals surface area contributed by atoms with Crippen LogP contribution in [0.15, 0.2) is 10.6 Å². The molecule has 0 aliphatic carbocycles. The van der Waals surface area contributed by atoms with E-state index in [1.807, 2.05) is 0 Å². The van der Waals surface area contributed by atoms with E-state index in [1.54, 1.807) is 6.92 Å². The minimum absolute atomic E-state index is 0.182. The van der Waals surface area contributed by atoms with Crippen LogP contribution in [0, 0.1) is 0 Å². The minimum Gasteiger partial charge on any atom is -0.463 e. The fourth-order valence-corrected chi connectivity index (χ4v) is 0.544. The third kappa shape index (κ3) is 4.52. The van der Waals surface area contributed by atoms with E-state index < -0.39 is 5.97 Å². The van der Waals surface area contributed by atoms with Crippen molar-refractivity contribution < 1.29 is 14.6 Å². The molecule has 0 saturated carbocycles. The summed E-state index contributed by atoms with van der Waals surface area (Å²) in [7, 11) is 0. The molecule has 10 heavy (non-hydrogen) atoms. The summed E-state index contributed by atoms with van der Waals surface area (Å²) in [6.07, 6.45) is 1.20. The summed E-state index contributed by atoms with van der Waals surface area (Å²) < 4.78 is 4.98. The maximum atomic E-state index is 10.6. The lowest BCUT2D eigenvalue weighted by atomic mass is 10.5. The van der Waals surface area contributed by atoms with Crippen molar-refractivity contribution in [2.75, 3.05) is 13.2 Å². The Balaban J connectivity index is 3.75. The van der Waals surface area contributed by atoms with E-state index in [0.717, 1.165) is 0 Å². The Morgan fingerprint density at radius 1 is 1.80 bits per heavy atom. The Kier molecular flexibility index (Phi) is 5.25. The lowest BCUT2D eigenvalue weighted by Crippen LogP contribution is -2.00. The van der Waals surface area contributed by atoms with E-state index in [4.69, 9.17) is 5.11 Å². The molecule has 0 aromatic heterocycles. The maximum Gasteiger partial charge on any atom is 0.331 e. The Labute approximate surface area is 67.8 Å². The number of hydrogen-bond acceptors (Lipinski definition) is 3. The van der Waals surface area contributed by atoms with Crippen molar-refractivity contribution in [1.29, 1.82) is 0 Å². The third-order valence-electron chi connectivity index (χ3n) is 0.712. The zero-order chi connectivity index (χ0) is 7.98. The molecule has 4 heteroatoms. The van der Waals surface area contributed by atoms with Gasteiger partial charge in [-0.1, -0.05) is 15.9 Å². The Bertz CT molecular complexity index is 142. The highest BCUT2D eigenvalue weighted by Gasteiger charge is 1.96. The van der Waals surface area contributed by atoms with Gasteiger partial charge in [0.1, 0.15) is 0 Å². The second kappa shape index (κ2) is 5.44. The van der Waals surface area contributed by atoms with Crippen molar-refractivity contribution in [3.63, 3.8) is 0 Å². The van der Waals surface area contributed by atoms with E-state index in [-0.39, 0.29) is 6.61 Å². The van der Waals surface area contributed by atoms with Crippen LogP contribution in [0.5, 0.6) is 0 Å². The van der Waals surface area contributed by atoms with Gasteiger partial charge in [-0.2, -0.15) is 0 Å². The average molecular weight is 209 g/mol. The van der Waals surface area contributed by atoms with E-state index >= 15 is 0 Å². The first-order valence-electron chi connectivity index (χ1n) is 2.84. The molecule has 0 unspecified atom stereocenters. The van der Waals surface area contributed by atoms with Crippen molar-refractivity contribution in [1.82, 2.24) is 0 Å². The van der Waals surface area contributed by atoms with E-state index in [2.05, 4.69) is 20.7 Å². The lowest BCUT2D eigenvalue weighted by Gasteiger charge is -1.95. The van der Waals surface area contributed by atoms with Gasteiger partial charge in [-0.05, 0) is 6.92 Å². The number of ether oxygens (including phenoxy) is 1. The average Bonchev–Trinajstić information content (AvgIpc) is 1.88. The molecule has 0 amide bonds. The minimum atomic E-state index is -0.441. The molecule has 3 nitrogen and oxygen atoms in total. The van der Waals surface area contributed by atoms with Gasteiger partial charge < -0.3 is 9.84 Å². The molecule has 0 rings (SSSR count). The Morgan fingerprint density at radius 2 is 2.40 bits per heavy atom. The zero-order valence-corrected chi connectivity index (χ0v) is 7.22. The molecule has 0 fully saturated rings. The van der Waals surface area contributed by atoms with Gasteiger partial charge in [0.05, 0.1) is 13.2 Å². The zero-order valence-electron chi connectivity index (χ0n) is 5.63. The van der Waals surface area contributed by atoms with Crippen LogP contribution in [0.2, 0.25) is 0 Å². The van der Waals surface area contributed by atoms with Crippen molar-refractivity contribution >= 4 is 21.9 Å². The van der Waals surface area contributed by atoms with Crippen LogP contribution >= 0.6 is 15.9 Å². The van der Waals surface area contributed by atoms with E-state index in [1.165, 1.54) is 6.08 Å². The standard InChI is InChI=1S/C6H9BrO3/c1-2-10-6(9)3-5(7)4-8/h3,8H,2,4H2,1H3/b5-3-. The normalized spacial score (nSPS) is 11.3. The number of carbonyl (C=O) groups excluding carboxylic acids is 1. The summed E-state index contributed by atoms with van der Waals surface area (Å²) in [6, 6.07) is 0. The number of aliphatic hydroxyl groups excluding tert-OH is 1. The van der Waals surface area contributed by atoms with Crippen LogP contribution in [0.3, 0.4) is 0 Å². The molecule has 0 aromatic carbocycles. The summed E-state index contributed by atoms with van der Waals surface area (Å²) in [5.41, 5.74) is 0.